The van der Waals surface area contributed by atoms with E-state index in [-0.39, 0.29) is 16.4 Å². The number of anilines is 1. The van der Waals surface area contributed by atoms with Gasteiger partial charge in [-0.2, -0.15) is 0 Å². The number of hydrogen-bond donors (Lipinski definition) is 2. The predicted octanol–water partition coefficient (Wildman–Crippen LogP) is 2.93. The number of imide groups is 1. The van der Waals surface area contributed by atoms with Crippen molar-refractivity contribution in [3.8, 4) is 0 Å². The van der Waals surface area contributed by atoms with Crippen LogP contribution in [-0.4, -0.2) is 34.3 Å². The van der Waals surface area contributed by atoms with Crippen LogP contribution in [0, 0.1) is 5.82 Å². The molecule has 1 unspecified atom stereocenters. The topological polar surface area (TPSA) is 91.4 Å². The summed E-state index contributed by atoms with van der Waals surface area (Å²) >= 11 is 11.7. The fourth-order valence-electron chi connectivity index (χ4n) is 2.69. The van der Waals surface area contributed by atoms with E-state index in [1.54, 1.807) is 0 Å². The standard InChI is InChI=1S/C17H13Cl2FN4O3/c1-17(11-4-3-10(20)6-12(11)19)15(26)24(16(27)23-17)8-14(25)22-13-5-2-9(18)7-21-13/h2-7H,8H2,1H3,(H,23,27)(H,21,22,25). The molecule has 3 rings (SSSR count). The van der Waals surface area contributed by atoms with Crippen molar-refractivity contribution in [3.63, 3.8) is 0 Å². The zero-order valence-corrected chi connectivity index (χ0v) is 15.4. The molecule has 7 nitrogen and oxygen atoms in total. The summed E-state index contributed by atoms with van der Waals surface area (Å²) in [6, 6.07) is 5.75. The van der Waals surface area contributed by atoms with Gasteiger partial charge in [0.1, 0.15) is 23.7 Å². The third-order valence-corrected chi connectivity index (χ3v) is 4.58. The Balaban J connectivity index is 1.77. The Morgan fingerprint density at radius 1 is 1.30 bits per heavy atom. The Morgan fingerprint density at radius 3 is 2.67 bits per heavy atom. The number of halogens is 3. The van der Waals surface area contributed by atoms with Crippen molar-refractivity contribution in [1.82, 2.24) is 15.2 Å². The van der Waals surface area contributed by atoms with Gasteiger partial charge in [-0.1, -0.05) is 29.3 Å². The normalized spacial score (nSPS) is 19.2. The van der Waals surface area contributed by atoms with Crippen LogP contribution in [0.15, 0.2) is 36.5 Å². The van der Waals surface area contributed by atoms with Crippen LogP contribution in [0.25, 0.3) is 0 Å². The fourth-order valence-corrected chi connectivity index (χ4v) is 3.16. The van der Waals surface area contributed by atoms with Crippen LogP contribution in [0.3, 0.4) is 0 Å². The number of benzene rings is 1. The lowest BCUT2D eigenvalue weighted by Gasteiger charge is -2.23. The van der Waals surface area contributed by atoms with Gasteiger partial charge in [0, 0.05) is 16.8 Å². The van der Waals surface area contributed by atoms with Crippen LogP contribution in [0.2, 0.25) is 10.0 Å². The monoisotopic (exact) mass is 410 g/mol. The number of rotatable bonds is 4. The van der Waals surface area contributed by atoms with Crippen LogP contribution >= 0.6 is 23.2 Å². The van der Waals surface area contributed by atoms with Crippen LogP contribution in [0.5, 0.6) is 0 Å². The SMILES string of the molecule is CC1(c2ccc(F)cc2Cl)NC(=O)N(CC(=O)Nc2ccc(Cl)cn2)C1=O. The molecule has 1 saturated heterocycles. The van der Waals surface area contributed by atoms with Crippen molar-refractivity contribution in [2.45, 2.75) is 12.5 Å². The van der Waals surface area contributed by atoms with Gasteiger partial charge in [0.25, 0.3) is 5.91 Å². The van der Waals surface area contributed by atoms with E-state index in [0.29, 0.717) is 5.02 Å². The van der Waals surface area contributed by atoms with Crippen LogP contribution in [0.1, 0.15) is 12.5 Å². The van der Waals surface area contributed by atoms with Crippen molar-refractivity contribution in [2.24, 2.45) is 0 Å². The zero-order valence-electron chi connectivity index (χ0n) is 13.9. The summed E-state index contributed by atoms with van der Waals surface area (Å²) in [5.74, 6) is -1.65. The van der Waals surface area contributed by atoms with Gasteiger partial charge in [0.2, 0.25) is 5.91 Å². The maximum absolute atomic E-state index is 13.3. The number of aromatic nitrogens is 1. The average molecular weight is 411 g/mol. The van der Waals surface area contributed by atoms with Crippen LogP contribution in [0.4, 0.5) is 15.0 Å². The van der Waals surface area contributed by atoms with E-state index < -0.39 is 35.7 Å². The largest absolute Gasteiger partial charge is 0.325 e. The molecule has 27 heavy (non-hydrogen) atoms. The van der Waals surface area contributed by atoms with Gasteiger partial charge in [-0.05, 0) is 31.2 Å². The number of nitrogens with zero attached hydrogens (tertiary/aromatic N) is 2. The highest BCUT2D eigenvalue weighted by Gasteiger charge is 2.50. The van der Waals surface area contributed by atoms with E-state index in [1.165, 1.54) is 31.3 Å². The third kappa shape index (κ3) is 3.72. The second kappa shape index (κ2) is 7.13. The molecule has 0 bridgehead atoms. The molecule has 2 aromatic rings. The lowest BCUT2D eigenvalue weighted by atomic mass is 9.92. The molecule has 140 valence electrons. The van der Waals surface area contributed by atoms with Crippen LogP contribution < -0.4 is 10.6 Å². The lowest BCUT2D eigenvalue weighted by molar-refractivity contribution is -0.133. The first kappa shape index (κ1) is 19.1. The molecule has 0 aliphatic carbocycles. The summed E-state index contributed by atoms with van der Waals surface area (Å²) in [5.41, 5.74) is -1.29. The highest BCUT2D eigenvalue weighted by atomic mass is 35.5. The summed E-state index contributed by atoms with van der Waals surface area (Å²) < 4.78 is 13.3. The Morgan fingerprint density at radius 2 is 2.04 bits per heavy atom. The summed E-state index contributed by atoms with van der Waals surface area (Å²) in [6.07, 6.45) is 1.35. The van der Waals surface area contributed by atoms with Gasteiger partial charge in [-0.25, -0.2) is 14.2 Å². The zero-order chi connectivity index (χ0) is 19.8. The molecule has 0 radical (unpaired) electrons. The van der Waals surface area contributed by atoms with Crippen molar-refractivity contribution < 1.29 is 18.8 Å². The van der Waals surface area contributed by atoms with Crippen molar-refractivity contribution >= 4 is 46.9 Å². The van der Waals surface area contributed by atoms with Gasteiger partial charge >= 0.3 is 6.03 Å². The number of carbonyl (C=O) groups excluding carboxylic acids is 3. The second-order valence-electron chi connectivity index (χ2n) is 5.98. The smallest absolute Gasteiger partial charge is 0.319 e. The molecule has 1 fully saturated rings. The van der Waals surface area contributed by atoms with E-state index >= 15 is 0 Å². The molecular formula is C17H13Cl2FN4O3. The number of urea groups is 1. The first-order valence-corrected chi connectivity index (χ1v) is 8.47. The summed E-state index contributed by atoms with van der Waals surface area (Å²) in [4.78, 5) is 41.9. The molecule has 4 amide bonds. The summed E-state index contributed by atoms with van der Waals surface area (Å²) in [5, 5.41) is 5.35. The maximum atomic E-state index is 13.3. The van der Waals surface area contributed by atoms with E-state index in [0.717, 1.165) is 17.0 Å². The molecule has 0 saturated carbocycles. The molecule has 1 aromatic carbocycles. The second-order valence-corrected chi connectivity index (χ2v) is 6.82. The maximum Gasteiger partial charge on any atom is 0.325 e. The fraction of sp³-hybridized carbons (Fsp3) is 0.176. The average Bonchev–Trinajstić information content (AvgIpc) is 2.81. The number of hydrogen-bond acceptors (Lipinski definition) is 4. The van der Waals surface area contributed by atoms with Gasteiger partial charge in [0.15, 0.2) is 0 Å². The Kier molecular flexibility index (Phi) is 5.03. The van der Waals surface area contributed by atoms with Crippen LogP contribution in [-0.2, 0) is 15.1 Å². The number of pyridine rings is 1. The van der Waals surface area contributed by atoms with Crippen molar-refractivity contribution in [1.29, 1.82) is 0 Å². The minimum atomic E-state index is -1.51. The minimum Gasteiger partial charge on any atom is -0.319 e. The molecule has 2 N–H and O–H groups in total. The summed E-state index contributed by atoms with van der Waals surface area (Å²) in [7, 11) is 0. The third-order valence-electron chi connectivity index (χ3n) is 4.04. The quantitative estimate of drug-likeness (QED) is 0.757. The first-order valence-electron chi connectivity index (χ1n) is 7.72. The number of amides is 4. The summed E-state index contributed by atoms with van der Waals surface area (Å²) in [6.45, 7) is 0.911. The van der Waals surface area contributed by atoms with Gasteiger partial charge in [0.05, 0.1) is 5.02 Å². The molecule has 1 atom stereocenters. The highest BCUT2D eigenvalue weighted by molar-refractivity contribution is 6.32. The highest BCUT2D eigenvalue weighted by Crippen LogP contribution is 2.33. The molecule has 1 aromatic heterocycles. The molecule has 0 spiro atoms. The Bertz CT molecular complexity index is 938. The number of carbonyl (C=O) groups is 3. The van der Waals surface area contributed by atoms with Crippen molar-refractivity contribution in [2.75, 3.05) is 11.9 Å². The Hall–Kier alpha value is -2.71. The molecule has 10 heteroatoms. The van der Waals surface area contributed by atoms with E-state index in [4.69, 9.17) is 23.2 Å². The predicted molar refractivity (Wildman–Crippen MR) is 96.9 cm³/mol. The Labute approximate surface area is 163 Å². The first-order chi connectivity index (χ1) is 12.7. The van der Waals surface area contributed by atoms with E-state index in [9.17, 15) is 18.8 Å². The number of nitrogens with one attached hydrogen (secondary N) is 2. The molecular weight excluding hydrogens is 398 g/mol. The van der Waals surface area contributed by atoms with Gasteiger partial charge in [-0.15, -0.1) is 0 Å². The van der Waals surface area contributed by atoms with Gasteiger partial charge < -0.3 is 10.6 Å². The van der Waals surface area contributed by atoms with E-state index in [2.05, 4.69) is 15.6 Å². The molecule has 2 heterocycles. The van der Waals surface area contributed by atoms with E-state index in [1.807, 2.05) is 0 Å². The van der Waals surface area contributed by atoms with Gasteiger partial charge in [-0.3, -0.25) is 14.5 Å². The molecule has 1 aliphatic rings. The minimum absolute atomic E-state index is 0.0113. The van der Waals surface area contributed by atoms with Crippen molar-refractivity contribution in [3.05, 3.63) is 58.0 Å². The lowest BCUT2D eigenvalue weighted by Crippen LogP contribution is -2.42. The molecule has 1 aliphatic heterocycles.